The third-order valence-electron chi connectivity index (χ3n) is 5.77. The molecule has 8 heteroatoms. The predicted octanol–water partition coefficient (Wildman–Crippen LogP) is 3.81. The molecule has 34 heavy (non-hydrogen) atoms. The van der Waals surface area contributed by atoms with E-state index in [1.165, 1.54) is 29.1 Å². The van der Waals surface area contributed by atoms with Crippen molar-refractivity contribution in [3.63, 3.8) is 0 Å². The molecule has 1 aliphatic heterocycles. The van der Waals surface area contributed by atoms with E-state index in [1.54, 1.807) is 22.0 Å². The summed E-state index contributed by atoms with van der Waals surface area (Å²) >= 11 is 0. The highest BCUT2D eigenvalue weighted by molar-refractivity contribution is 5.96. The van der Waals surface area contributed by atoms with Crippen molar-refractivity contribution in [2.75, 3.05) is 18.3 Å². The lowest BCUT2D eigenvalue weighted by Crippen LogP contribution is -2.57. The van der Waals surface area contributed by atoms with Crippen molar-refractivity contribution >= 4 is 5.91 Å². The number of fused-ring (bicyclic) bond motifs is 1. The third-order valence-corrected chi connectivity index (χ3v) is 5.77. The van der Waals surface area contributed by atoms with Crippen LogP contribution in [0.1, 0.15) is 41.5 Å². The molecule has 0 fully saturated rings. The summed E-state index contributed by atoms with van der Waals surface area (Å²) in [6.45, 7) is 7.58. The van der Waals surface area contributed by atoms with Gasteiger partial charge in [0.05, 0.1) is 0 Å². The number of pyridine rings is 1. The van der Waals surface area contributed by atoms with Gasteiger partial charge in [-0.25, -0.2) is 4.39 Å². The summed E-state index contributed by atoms with van der Waals surface area (Å²) in [4.78, 5) is 27.0. The Morgan fingerprint density at radius 2 is 1.85 bits per heavy atom. The van der Waals surface area contributed by atoms with Crippen LogP contribution >= 0.6 is 0 Å². The van der Waals surface area contributed by atoms with Crippen molar-refractivity contribution in [2.45, 2.75) is 25.9 Å². The van der Waals surface area contributed by atoms with Crippen LogP contribution in [0.3, 0.4) is 0 Å². The molecular formula is C26H26FN3O4. The normalized spacial score (nSPS) is 14.2. The average molecular weight is 464 g/mol. The molecule has 0 saturated carbocycles. The number of carbonyl (C=O) groups excluding carboxylic acids is 1. The van der Waals surface area contributed by atoms with Crippen molar-refractivity contribution in [2.24, 2.45) is 0 Å². The summed E-state index contributed by atoms with van der Waals surface area (Å²) in [5.41, 5.74) is 0.537. The van der Waals surface area contributed by atoms with Crippen molar-refractivity contribution in [1.29, 1.82) is 0 Å². The number of hydrogen-bond acceptors (Lipinski definition) is 5. The highest BCUT2D eigenvalue weighted by Crippen LogP contribution is 2.38. The van der Waals surface area contributed by atoms with Crippen LogP contribution in [0.4, 0.5) is 4.39 Å². The Bertz CT molecular complexity index is 1270. The second-order valence-corrected chi connectivity index (χ2v) is 8.24. The van der Waals surface area contributed by atoms with E-state index in [-0.39, 0.29) is 30.8 Å². The summed E-state index contributed by atoms with van der Waals surface area (Å²) in [7, 11) is 0. The summed E-state index contributed by atoms with van der Waals surface area (Å²) in [6, 6.07) is 14.4. The van der Waals surface area contributed by atoms with Crippen molar-refractivity contribution in [3.8, 4) is 11.5 Å². The number of para-hydroxylation sites is 1. The molecule has 3 aromatic rings. The Hall–Kier alpha value is -4.07. The summed E-state index contributed by atoms with van der Waals surface area (Å²) in [5, 5.41) is 12.4. The topological polar surface area (TPSA) is 75.0 Å². The van der Waals surface area contributed by atoms with Crippen molar-refractivity contribution in [1.82, 2.24) is 9.58 Å². The fourth-order valence-corrected chi connectivity index (χ4v) is 4.14. The Balaban J connectivity index is 1.99. The zero-order valence-electron chi connectivity index (χ0n) is 19.0. The Morgan fingerprint density at radius 3 is 2.53 bits per heavy atom. The number of hydrogen-bond donors (Lipinski definition) is 1. The average Bonchev–Trinajstić information content (AvgIpc) is 2.82. The molecule has 2 aromatic carbocycles. The van der Waals surface area contributed by atoms with E-state index in [0.29, 0.717) is 5.56 Å². The van der Waals surface area contributed by atoms with Gasteiger partial charge in [0, 0.05) is 23.9 Å². The minimum absolute atomic E-state index is 0.0658. The van der Waals surface area contributed by atoms with Crippen LogP contribution in [0.5, 0.6) is 11.5 Å². The molecule has 1 aromatic heterocycles. The zero-order chi connectivity index (χ0) is 24.4. The molecule has 2 heterocycles. The summed E-state index contributed by atoms with van der Waals surface area (Å²) < 4.78 is 22.2. The van der Waals surface area contributed by atoms with Gasteiger partial charge in [0.15, 0.2) is 23.0 Å². The molecule has 0 unspecified atom stereocenters. The molecule has 1 amide bonds. The number of amides is 1. The second kappa shape index (κ2) is 9.43. The van der Waals surface area contributed by atoms with Crippen LogP contribution < -0.4 is 15.2 Å². The van der Waals surface area contributed by atoms with Gasteiger partial charge in [-0.2, -0.15) is 0 Å². The van der Waals surface area contributed by atoms with Crippen LogP contribution in [0.2, 0.25) is 0 Å². The first-order chi connectivity index (χ1) is 16.3. The zero-order valence-corrected chi connectivity index (χ0v) is 19.0. The van der Waals surface area contributed by atoms with Gasteiger partial charge >= 0.3 is 0 Å². The van der Waals surface area contributed by atoms with Gasteiger partial charge in [-0.3, -0.25) is 19.3 Å². The van der Waals surface area contributed by atoms with Gasteiger partial charge in [0.1, 0.15) is 19.3 Å². The molecule has 0 saturated heterocycles. The lowest BCUT2D eigenvalue weighted by atomic mass is 9.96. The first-order valence-corrected chi connectivity index (χ1v) is 10.9. The van der Waals surface area contributed by atoms with E-state index >= 15 is 0 Å². The summed E-state index contributed by atoms with van der Waals surface area (Å²) in [6.07, 6.45) is 2.98. The number of ether oxygens (including phenoxy) is 1. The number of carbonyl (C=O) groups is 1. The molecule has 176 valence electrons. The number of rotatable bonds is 7. The number of benzene rings is 2. The second-order valence-electron chi connectivity index (χ2n) is 8.24. The smallest absolute Gasteiger partial charge is 0.278 e. The molecule has 4 rings (SSSR count). The minimum Gasteiger partial charge on any atom is -0.502 e. The minimum atomic E-state index is -0.651. The van der Waals surface area contributed by atoms with Crippen LogP contribution in [-0.4, -0.2) is 39.9 Å². The van der Waals surface area contributed by atoms with E-state index in [4.69, 9.17) is 4.74 Å². The fraction of sp³-hybridized carbons (Fsp3) is 0.231. The van der Waals surface area contributed by atoms with Gasteiger partial charge in [-0.15, -0.1) is 0 Å². The maximum absolute atomic E-state index is 15.0. The number of aromatic hydroxyl groups is 1. The van der Waals surface area contributed by atoms with Crippen molar-refractivity contribution < 1.29 is 19.0 Å². The van der Waals surface area contributed by atoms with Gasteiger partial charge in [-0.1, -0.05) is 55.1 Å². The van der Waals surface area contributed by atoms with Gasteiger partial charge in [-0.05, 0) is 25.5 Å². The maximum atomic E-state index is 15.0. The first-order valence-electron chi connectivity index (χ1n) is 10.9. The molecule has 1 atom stereocenters. The van der Waals surface area contributed by atoms with Crippen molar-refractivity contribution in [3.05, 3.63) is 106 Å². The largest absolute Gasteiger partial charge is 0.502 e. The SMILES string of the molecule is C=CCOc1c(F)cccc1[C@H](c1ccccc1)N1CN(C(C)C)C(=O)c2c(O)c(=O)ccn21. The Labute approximate surface area is 196 Å². The first kappa shape index (κ1) is 23.1. The molecule has 7 nitrogen and oxygen atoms in total. The Kier molecular flexibility index (Phi) is 6.40. The molecule has 1 aliphatic rings. The number of aromatic nitrogens is 1. The van der Waals surface area contributed by atoms with Crippen LogP contribution in [-0.2, 0) is 0 Å². The van der Waals surface area contributed by atoms with Gasteiger partial charge < -0.3 is 14.7 Å². The van der Waals surface area contributed by atoms with Crippen LogP contribution in [0.15, 0.2) is 78.2 Å². The number of nitrogens with zero attached hydrogens (tertiary/aromatic N) is 3. The molecule has 0 spiro atoms. The monoisotopic (exact) mass is 463 g/mol. The van der Waals surface area contributed by atoms with E-state index < -0.39 is 28.9 Å². The number of halogens is 1. The van der Waals surface area contributed by atoms with Crippen LogP contribution in [0, 0.1) is 5.82 Å². The van der Waals surface area contributed by atoms with Crippen LogP contribution in [0.25, 0.3) is 0 Å². The highest BCUT2D eigenvalue weighted by atomic mass is 19.1. The van der Waals surface area contributed by atoms with E-state index in [0.717, 1.165) is 5.56 Å². The Morgan fingerprint density at radius 1 is 1.12 bits per heavy atom. The quantitative estimate of drug-likeness (QED) is 0.540. The van der Waals surface area contributed by atoms with E-state index in [1.807, 2.05) is 44.2 Å². The molecule has 0 radical (unpaired) electrons. The molecule has 1 N–H and O–H groups in total. The maximum Gasteiger partial charge on any atom is 0.278 e. The predicted molar refractivity (Wildman–Crippen MR) is 127 cm³/mol. The summed E-state index contributed by atoms with van der Waals surface area (Å²) in [5.74, 6) is -1.55. The molecule has 0 bridgehead atoms. The standard InChI is InChI=1S/C26H26FN3O4/c1-4-15-34-25-19(11-8-12-20(25)27)22(18-9-6-5-7-10-18)30-16-28(17(2)3)26(33)23-24(32)21(31)13-14-29(23)30/h4-14,17,22,32H,1,15-16H2,2-3H3/t22-/m0/s1. The van der Waals surface area contributed by atoms with E-state index in [2.05, 4.69) is 6.58 Å². The highest BCUT2D eigenvalue weighted by Gasteiger charge is 2.38. The fourth-order valence-electron chi connectivity index (χ4n) is 4.14. The lowest BCUT2D eigenvalue weighted by Gasteiger charge is -2.45. The third kappa shape index (κ3) is 4.03. The molecule has 0 aliphatic carbocycles. The molecular weight excluding hydrogens is 437 g/mol. The van der Waals surface area contributed by atoms with E-state index in [9.17, 15) is 19.1 Å². The van der Waals surface area contributed by atoms with Gasteiger partial charge in [0.25, 0.3) is 5.91 Å². The van der Waals surface area contributed by atoms with Gasteiger partial charge in [0.2, 0.25) is 5.43 Å². The lowest BCUT2D eigenvalue weighted by molar-refractivity contribution is 0.0621.